The van der Waals surface area contributed by atoms with E-state index in [1.165, 1.54) is 0 Å². The summed E-state index contributed by atoms with van der Waals surface area (Å²) in [5.41, 5.74) is 5.91. The fourth-order valence-corrected chi connectivity index (χ4v) is 1.40. The van der Waals surface area contributed by atoms with Crippen LogP contribution in [0.25, 0.3) is 0 Å². The third-order valence-corrected chi connectivity index (χ3v) is 2.49. The van der Waals surface area contributed by atoms with E-state index in [0.29, 0.717) is 0 Å². The van der Waals surface area contributed by atoms with Gasteiger partial charge in [0.05, 0.1) is 6.61 Å². The predicted octanol–water partition coefficient (Wildman–Crippen LogP) is 0.303. The molecule has 21 heavy (non-hydrogen) atoms. The fourth-order valence-electron chi connectivity index (χ4n) is 1.40. The molecule has 1 rings (SSSR count). The molecule has 1 atom stereocenters. The van der Waals surface area contributed by atoms with Gasteiger partial charge < -0.3 is 15.2 Å². The lowest BCUT2D eigenvalue weighted by atomic mass is 10.2. The van der Waals surface area contributed by atoms with Crippen LogP contribution in [0.4, 0.5) is 4.79 Å². The molecule has 0 aliphatic heterocycles. The quantitative estimate of drug-likeness (QED) is 0.542. The van der Waals surface area contributed by atoms with Gasteiger partial charge in [-0.1, -0.05) is 30.3 Å². The summed E-state index contributed by atoms with van der Waals surface area (Å²) in [4.78, 5) is 23.3. The second kappa shape index (κ2) is 8.93. The van der Waals surface area contributed by atoms with Crippen LogP contribution >= 0.6 is 0 Å². The number of carbonyl (C=O) groups excluding carboxylic acids is 2. The Morgan fingerprint density at radius 1 is 1.24 bits per heavy atom. The van der Waals surface area contributed by atoms with Gasteiger partial charge in [-0.25, -0.2) is 10.2 Å². The summed E-state index contributed by atoms with van der Waals surface area (Å²) in [6, 6.07) is 8.12. The van der Waals surface area contributed by atoms with E-state index in [9.17, 15) is 9.59 Å². The summed E-state index contributed by atoms with van der Waals surface area (Å²) < 4.78 is 4.97. The van der Waals surface area contributed by atoms with Gasteiger partial charge in [0.25, 0.3) is 5.91 Å². The van der Waals surface area contributed by atoms with Crippen LogP contribution in [0.1, 0.15) is 19.4 Å². The smallest absolute Gasteiger partial charge is 0.408 e. The van der Waals surface area contributed by atoms with Crippen LogP contribution in [0.5, 0.6) is 0 Å². The largest absolute Gasteiger partial charge is 0.445 e. The zero-order valence-electron chi connectivity index (χ0n) is 12.1. The molecule has 116 valence electrons. The van der Waals surface area contributed by atoms with Gasteiger partial charge in [0, 0.05) is 6.04 Å². The fraction of sp³-hybridized carbons (Fsp3) is 0.429. The van der Waals surface area contributed by atoms with Crippen LogP contribution < -0.4 is 16.2 Å². The molecule has 0 radical (unpaired) electrons. The average molecular weight is 295 g/mol. The van der Waals surface area contributed by atoms with Crippen LogP contribution in [0, 0.1) is 0 Å². The minimum absolute atomic E-state index is 0.0401. The molecule has 1 aromatic rings. The Hall–Kier alpha value is -2.12. The molecule has 0 fully saturated rings. The lowest BCUT2D eigenvalue weighted by molar-refractivity contribution is -0.125. The molecule has 0 heterocycles. The summed E-state index contributed by atoms with van der Waals surface area (Å²) in [5, 5.41) is 11.4. The normalized spacial score (nSPS) is 11.8. The van der Waals surface area contributed by atoms with Crippen molar-refractivity contribution in [1.82, 2.24) is 16.2 Å². The molecule has 0 saturated heterocycles. The van der Waals surface area contributed by atoms with E-state index in [4.69, 9.17) is 9.84 Å². The number of rotatable bonds is 7. The first-order valence-corrected chi connectivity index (χ1v) is 6.66. The standard InChI is InChI=1S/C14H21N3O4/c1-10(2)16-17-13(19)12(8-18)15-14(20)21-9-11-6-4-3-5-7-11/h3-7,10,12,16,18H,8-9H2,1-2H3,(H,15,20)(H,17,19)/t12-/m1/s1. The minimum Gasteiger partial charge on any atom is -0.445 e. The molecule has 0 aliphatic carbocycles. The van der Waals surface area contributed by atoms with Crippen LogP contribution in [0.2, 0.25) is 0 Å². The Labute approximate surface area is 123 Å². The van der Waals surface area contributed by atoms with Crippen LogP contribution in [-0.4, -0.2) is 35.8 Å². The summed E-state index contributed by atoms with van der Waals surface area (Å²) in [6.45, 7) is 3.26. The van der Waals surface area contributed by atoms with E-state index in [1.54, 1.807) is 0 Å². The van der Waals surface area contributed by atoms with E-state index in [1.807, 2.05) is 44.2 Å². The summed E-state index contributed by atoms with van der Waals surface area (Å²) >= 11 is 0. The number of aliphatic hydroxyl groups excluding tert-OH is 1. The highest BCUT2D eigenvalue weighted by atomic mass is 16.5. The Balaban J connectivity index is 2.38. The second-order valence-electron chi connectivity index (χ2n) is 4.73. The molecule has 0 aliphatic rings. The Morgan fingerprint density at radius 2 is 1.90 bits per heavy atom. The highest BCUT2D eigenvalue weighted by Crippen LogP contribution is 2.00. The summed E-state index contributed by atoms with van der Waals surface area (Å²) in [5.74, 6) is -0.539. The van der Waals surface area contributed by atoms with Gasteiger partial charge in [0.1, 0.15) is 12.6 Å². The number of ether oxygens (including phenoxy) is 1. The van der Waals surface area contributed by atoms with Crippen molar-refractivity contribution in [2.24, 2.45) is 0 Å². The molecular weight excluding hydrogens is 274 g/mol. The van der Waals surface area contributed by atoms with Crippen molar-refractivity contribution in [2.75, 3.05) is 6.61 Å². The van der Waals surface area contributed by atoms with E-state index in [2.05, 4.69) is 16.2 Å². The molecule has 0 unspecified atom stereocenters. The Bertz CT molecular complexity index is 451. The second-order valence-corrected chi connectivity index (χ2v) is 4.73. The van der Waals surface area contributed by atoms with Gasteiger partial charge in [0.15, 0.2) is 0 Å². The van der Waals surface area contributed by atoms with E-state index in [-0.39, 0.29) is 12.6 Å². The Morgan fingerprint density at radius 3 is 2.48 bits per heavy atom. The number of benzene rings is 1. The maximum Gasteiger partial charge on any atom is 0.408 e. The molecule has 0 aromatic heterocycles. The van der Waals surface area contributed by atoms with Crippen LogP contribution in [0.15, 0.2) is 30.3 Å². The first kappa shape index (κ1) is 16.9. The van der Waals surface area contributed by atoms with E-state index in [0.717, 1.165) is 5.56 Å². The molecule has 2 amide bonds. The lowest BCUT2D eigenvalue weighted by Gasteiger charge is -2.17. The summed E-state index contributed by atoms with van der Waals surface area (Å²) in [7, 11) is 0. The van der Waals surface area contributed by atoms with Crippen molar-refractivity contribution >= 4 is 12.0 Å². The molecular formula is C14H21N3O4. The summed E-state index contributed by atoms with van der Waals surface area (Å²) in [6.07, 6.45) is -0.766. The molecule has 0 bridgehead atoms. The van der Waals surface area contributed by atoms with Gasteiger partial charge >= 0.3 is 6.09 Å². The van der Waals surface area contributed by atoms with Gasteiger partial charge in [0.2, 0.25) is 0 Å². The van der Waals surface area contributed by atoms with Gasteiger partial charge in [-0.15, -0.1) is 0 Å². The van der Waals surface area contributed by atoms with Crippen molar-refractivity contribution in [3.05, 3.63) is 35.9 Å². The molecule has 7 heteroatoms. The lowest BCUT2D eigenvalue weighted by Crippen LogP contribution is -2.53. The molecule has 4 N–H and O–H groups in total. The number of nitrogens with one attached hydrogen (secondary N) is 3. The van der Waals surface area contributed by atoms with Crippen LogP contribution in [-0.2, 0) is 16.1 Å². The molecule has 0 saturated carbocycles. The number of aliphatic hydroxyl groups is 1. The number of amides is 2. The Kier molecular flexibility index (Phi) is 7.20. The van der Waals surface area contributed by atoms with Crippen molar-refractivity contribution in [2.45, 2.75) is 32.5 Å². The topological polar surface area (TPSA) is 99.7 Å². The number of hydrogen-bond acceptors (Lipinski definition) is 5. The highest BCUT2D eigenvalue weighted by molar-refractivity contribution is 5.85. The van der Waals surface area contributed by atoms with E-state index < -0.39 is 24.6 Å². The van der Waals surface area contributed by atoms with Gasteiger partial charge in [-0.05, 0) is 19.4 Å². The first-order chi connectivity index (χ1) is 10.0. The van der Waals surface area contributed by atoms with Crippen molar-refractivity contribution in [3.63, 3.8) is 0 Å². The molecule has 0 spiro atoms. The zero-order chi connectivity index (χ0) is 15.7. The number of carbonyl (C=O) groups is 2. The zero-order valence-corrected chi connectivity index (χ0v) is 12.1. The minimum atomic E-state index is -1.07. The van der Waals surface area contributed by atoms with Crippen molar-refractivity contribution in [1.29, 1.82) is 0 Å². The molecule has 1 aromatic carbocycles. The average Bonchev–Trinajstić information content (AvgIpc) is 2.49. The predicted molar refractivity (Wildman–Crippen MR) is 77.1 cm³/mol. The molecule has 7 nitrogen and oxygen atoms in total. The SMILES string of the molecule is CC(C)NNC(=O)[C@@H](CO)NC(=O)OCc1ccccc1. The van der Waals surface area contributed by atoms with Gasteiger partial charge in [-0.3, -0.25) is 10.2 Å². The van der Waals surface area contributed by atoms with Gasteiger partial charge in [-0.2, -0.15) is 0 Å². The monoisotopic (exact) mass is 295 g/mol. The van der Waals surface area contributed by atoms with E-state index >= 15 is 0 Å². The van der Waals surface area contributed by atoms with Crippen molar-refractivity contribution in [3.8, 4) is 0 Å². The maximum atomic E-state index is 11.7. The maximum absolute atomic E-state index is 11.7. The van der Waals surface area contributed by atoms with Crippen molar-refractivity contribution < 1.29 is 19.4 Å². The highest BCUT2D eigenvalue weighted by Gasteiger charge is 2.20. The van der Waals surface area contributed by atoms with Crippen LogP contribution in [0.3, 0.4) is 0 Å². The third kappa shape index (κ3) is 6.73. The number of hydrogen-bond donors (Lipinski definition) is 4. The first-order valence-electron chi connectivity index (χ1n) is 6.66. The number of alkyl carbamates (subject to hydrolysis) is 1. The third-order valence-electron chi connectivity index (χ3n) is 2.49. The number of hydrazine groups is 1.